The average molecular weight is 453 g/mol. The molecule has 31 heavy (non-hydrogen) atoms. The van der Waals surface area contributed by atoms with Crippen molar-refractivity contribution in [3.63, 3.8) is 0 Å². The number of nitrogens with one attached hydrogen (secondary N) is 2. The van der Waals surface area contributed by atoms with Gasteiger partial charge in [0, 0.05) is 5.56 Å². The van der Waals surface area contributed by atoms with E-state index in [4.69, 9.17) is 0 Å². The van der Waals surface area contributed by atoms with Gasteiger partial charge in [0.1, 0.15) is 19.2 Å². The maximum Gasteiger partial charge on any atom is 0.405 e. The highest BCUT2D eigenvalue weighted by molar-refractivity contribution is 7.89. The normalized spacial score (nSPS) is 13.0. The molecule has 1 aromatic heterocycles. The van der Waals surface area contributed by atoms with Crippen molar-refractivity contribution in [2.75, 3.05) is 6.54 Å². The third-order valence-corrected chi connectivity index (χ3v) is 5.70. The molecule has 1 unspecified atom stereocenters. The van der Waals surface area contributed by atoms with Gasteiger partial charge in [0.05, 0.1) is 17.5 Å². The lowest BCUT2D eigenvalue weighted by Crippen LogP contribution is -2.34. The van der Waals surface area contributed by atoms with Crippen molar-refractivity contribution >= 4 is 15.9 Å². The van der Waals surface area contributed by atoms with Crippen molar-refractivity contribution in [1.82, 2.24) is 24.8 Å². The highest BCUT2D eigenvalue weighted by Gasteiger charge is 2.28. The zero-order chi connectivity index (χ0) is 22.5. The summed E-state index contributed by atoms with van der Waals surface area (Å²) in [4.78, 5) is 15.5. The summed E-state index contributed by atoms with van der Waals surface area (Å²) >= 11 is 0. The number of benzene rings is 2. The smallest absolute Gasteiger partial charge is 0.343 e. The zero-order valence-corrected chi connectivity index (χ0v) is 16.8. The number of amides is 1. The minimum atomic E-state index is -4.54. The monoisotopic (exact) mass is 453 g/mol. The summed E-state index contributed by atoms with van der Waals surface area (Å²) in [6.07, 6.45) is -1.75. The Kier molecular flexibility index (Phi) is 6.71. The lowest BCUT2D eigenvalue weighted by atomic mass is 10.1. The van der Waals surface area contributed by atoms with Gasteiger partial charge in [-0.3, -0.25) is 9.48 Å². The third kappa shape index (κ3) is 6.36. The van der Waals surface area contributed by atoms with Gasteiger partial charge in [-0.15, -0.1) is 0 Å². The number of hydrogen-bond acceptors (Lipinski definition) is 5. The molecular formula is C19H18F3N5O3S. The number of halogens is 3. The SMILES string of the molecule is O=C(NCC(F)(F)F)c1ccc(S(=O)(=O)NC(Cn2cncn2)c2ccccc2)cc1. The Labute approximate surface area is 176 Å². The number of sulfonamides is 1. The highest BCUT2D eigenvalue weighted by atomic mass is 32.2. The molecular weight excluding hydrogens is 435 g/mol. The van der Waals surface area contributed by atoms with Gasteiger partial charge in [-0.2, -0.15) is 18.3 Å². The van der Waals surface area contributed by atoms with E-state index in [9.17, 15) is 26.4 Å². The van der Waals surface area contributed by atoms with Crippen LogP contribution in [0.1, 0.15) is 22.0 Å². The van der Waals surface area contributed by atoms with Crippen molar-refractivity contribution in [3.8, 4) is 0 Å². The lowest BCUT2D eigenvalue weighted by Gasteiger charge is -2.19. The Bertz CT molecular complexity index is 1100. The lowest BCUT2D eigenvalue weighted by molar-refractivity contribution is -0.123. The van der Waals surface area contributed by atoms with Crippen molar-refractivity contribution in [2.45, 2.75) is 23.7 Å². The van der Waals surface area contributed by atoms with Gasteiger partial charge in [-0.25, -0.2) is 18.1 Å². The van der Waals surface area contributed by atoms with Crippen molar-refractivity contribution in [1.29, 1.82) is 0 Å². The number of nitrogens with zero attached hydrogens (tertiary/aromatic N) is 3. The molecule has 2 N–H and O–H groups in total. The van der Waals surface area contributed by atoms with E-state index in [1.165, 1.54) is 17.3 Å². The summed E-state index contributed by atoms with van der Waals surface area (Å²) in [6.45, 7) is -1.30. The van der Waals surface area contributed by atoms with Crippen LogP contribution in [0.3, 0.4) is 0 Å². The van der Waals surface area contributed by atoms with Crippen LogP contribution in [-0.2, 0) is 16.6 Å². The quantitative estimate of drug-likeness (QED) is 0.545. The van der Waals surface area contributed by atoms with E-state index < -0.39 is 34.7 Å². The zero-order valence-electron chi connectivity index (χ0n) is 16.0. The van der Waals surface area contributed by atoms with Gasteiger partial charge < -0.3 is 5.32 Å². The molecule has 1 amide bonds. The Morgan fingerprint density at radius 2 is 1.74 bits per heavy atom. The molecule has 0 aliphatic carbocycles. The molecule has 1 heterocycles. The molecule has 164 valence electrons. The fraction of sp³-hybridized carbons (Fsp3) is 0.211. The first-order chi connectivity index (χ1) is 14.6. The van der Waals surface area contributed by atoms with Crippen molar-refractivity contribution in [2.24, 2.45) is 0 Å². The molecule has 0 saturated carbocycles. The van der Waals surface area contributed by atoms with Gasteiger partial charge in [0.2, 0.25) is 10.0 Å². The molecule has 0 saturated heterocycles. The Hall–Kier alpha value is -3.25. The van der Waals surface area contributed by atoms with E-state index in [0.29, 0.717) is 5.56 Å². The summed E-state index contributed by atoms with van der Waals surface area (Å²) in [5.41, 5.74) is 0.607. The second kappa shape index (κ2) is 9.27. The van der Waals surface area contributed by atoms with E-state index in [-0.39, 0.29) is 17.0 Å². The largest absolute Gasteiger partial charge is 0.405 e. The van der Waals surface area contributed by atoms with Crippen LogP contribution in [-0.4, -0.2) is 41.8 Å². The Balaban J connectivity index is 1.77. The van der Waals surface area contributed by atoms with Gasteiger partial charge in [0.25, 0.3) is 5.91 Å². The molecule has 0 aliphatic rings. The Morgan fingerprint density at radius 3 is 2.32 bits per heavy atom. The summed E-state index contributed by atoms with van der Waals surface area (Å²) < 4.78 is 66.5. The maximum atomic E-state index is 12.9. The average Bonchev–Trinajstić information content (AvgIpc) is 3.25. The standard InChI is InChI=1S/C19H18F3N5O3S/c20-19(21,22)11-24-18(28)15-6-8-16(9-7-15)31(29,30)26-17(10-27-13-23-12-25-27)14-4-2-1-3-5-14/h1-9,12-13,17,26H,10-11H2,(H,24,28). The molecule has 2 aromatic carbocycles. The highest BCUT2D eigenvalue weighted by Crippen LogP contribution is 2.20. The fourth-order valence-electron chi connectivity index (χ4n) is 2.73. The summed E-state index contributed by atoms with van der Waals surface area (Å²) in [5.74, 6) is -0.956. The number of aromatic nitrogens is 3. The summed E-state index contributed by atoms with van der Waals surface area (Å²) in [6, 6.07) is 12.8. The van der Waals surface area contributed by atoms with Gasteiger partial charge >= 0.3 is 6.18 Å². The minimum absolute atomic E-state index is 0.0922. The van der Waals surface area contributed by atoms with Crippen LogP contribution in [0.4, 0.5) is 13.2 Å². The second-order valence-electron chi connectivity index (χ2n) is 6.52. The number of carbonyl (C=O) groups excluding carboxylic acids is 1. The molecule has 3 aromatic rings. The van der Waals surface area contributed by atoms with Crippen molar-refractivity contribution < 1.29 is 26.4 Å². The van der Waals surface area contributed by atoms with Crippen molar-refractivity contribution in [3.05, 3.63) is 78.4 Å². The number of rotatable bonds is 8. The minimum Gasteiger partial charge on any atom is -0.343 e. The summed E-state index contributed by atoms with van der Waals surface area (Å²) in [7, 11) is -4.01. The van der Waals surface area contributed by atoms with Crippen LogP contribution in [0.25, 0.3) is 0 Å². The van der Waals surface area contributed by atoms with Crippen LogP contribution in [0.15, 0.2) is 72.1 Å². The maximum absolute atomic E-state index is 12.9. The number of alkyl halides is 3. The summed E-state index contributed by atoms with van der Waals surface area (Å²) in [5, 5.41) is 5.73. The van der Waals surface area contributed by atoms with E-state index in [1.807, 2.05) is 0 Å². The number of carbonyl (C=O) groups is 1. The van der Waals surface area contributed by atoms with Crippen LogP contribution in [0, 0.1) is 0 Å². The molecule has 0 spiro atoms. The molecule has 0 aliphatic heterocycles. The molecule has 1 atom stereocenters. The van der Waals surface area contributed by atoms with E-state index in [2.05, 4.69) is 14.8 Å². The van der Waals surface area contributed by atoms with Crippen LogP contribution in [0.5, 0.6) is 0 Å². The molecule has 3 rings (SSSR count). The second-order valence-corrected chi connectivity index (χ2v) is 8.24. The molecule has 0 radical (unpaired) electrons. The van der Waals surface area contributed by atoms with Gasteiger partial charge in [-0.1, -0.05) is 30.3 Å². The van der Waals surface area contributed by atoms with Gasteiger partial charge in [-0.05, 0) is 29.8 Å². The first-order valence-corrected chi connectivity index (χ1v) is 10.5. The third-order valence-electron chi connectivity index (χ3n) is 4.21. The topological polar surface area (TPSA) is 106 Å². The molecule has 8 nitrogen and oxygen atoms in total. The van der Waals surface area contributed by atoms with E-state index >= 15 is 0 Å². The predicted molar refractivity (Wildman–Crippen MR) is 104 cm³/mol. The number of hydrogen-bond donors (Lipinski definition) is 2. The van der Waals surface area contributed by atoms with Crippen LogP contribution < -0.4 is 10.0 Å². The van der Waals surface area contributed by atoms with E-state index in [0.717, 1.165) is 24.3 Å². The fourth-order valence-corrected chi connectivity index (χ4v) is 3.95. The molecule has 12 heteroatoms. The molecule has 0 bridgehead atoms. The predicted octanol–water partition coefficient (Wildman–Crippen LogP) is 2.29. The van der Waals surface area contributed by atoms with E-state index in [1.54, 1.807) is 35.6 Å². The Morgan fingerprint density at radius 1 is 1.06 bits per heavy atom. The first-order valence-electron chi connectivity index (χ1n) is 8.99. The van der Waals surface area contributed by atoms with Crippen LogP contribution in [0.2, 0.25) is 0 Å². The molecule has 0 fully saturated rings. The first kappa shape index (κ1) is 22.4. The van der Waals surface area contributed by atoms with Crippen LogP contribution >= 0.6 is 0 Å². The van der Waals surface area contributed by atoms with Gasteiger partial charge in [0.15, 0.2) is 0 Å².